The number of halogens is 1. The lowest BCUT2D eigenvalue weighted by molar-refractivity contribution is 0.397. The Labute approximate surface area is 111 Å². The van der Waals surface area contributed by atoms with E-state index in [2.05, 4.69) is 0 Å². The molecule has 1 atom stereocenters. The summed E-state index contributed by atoms with van der Waals surface area (Å²) in [5.74, 6) is 1.31. The normalized spacial score (nSPS) is 12.0. The Balaban J connectivity index is 2.39. The standard InChI is InChI=1S/C15H16FNO2/c1-10(17)15-13(18-2)7-4-8-14(15)19-12-6-3-5-11(16)9-12/h3-10H,17H2,1-2H3/t10-/m1/s1. The minimum atomic E-state index is -0.345. The molecule has 0 aliphatic rings. The Kier molecular flexibility index (Phi) is 4.02. The molecule has 0 fully saturated rings. The molecule has 0 spiro atoms. The van der Waals surface area contributed by atoms with Gasteiger partial charge in [-0.15, -0.1) is 0 Å². The number of nitrogens with two attached hydrogens (primary N) is 1. The van der Waals surface area contributed by atoms with E-state index in [9.17, 15) is 4.39 Å². The van der Waals surface area contributed by atoms with E-state index in [1.807, 2.05) is 13.0 Å². The molecule has 0 aromatic heterocycles. The van der Waals surface area contributed by atoms with Gasteiger partial charge in [-0.1, -0.05) is 12.1 Å². The van der Waals surface area contributed by atoms with E-state index >= 15 is 0 Å². The molecule has 0 saturated carbocycles. The molecule has 0 bridgehead atoms. The maximum atomic E-state index is 13.1. The van der Waals surface area contributed by atoms with E-state index in [0.29, 0.717) is 17.2 Å². The van der Waals surface area contributed by atoms with Crippen molar-refractivity contribution in [2.45, 2.75) is 13.0 Å². The molecule has 2 aromatic rings. The summed E-state index contributed by atoms with van der Waals surface area (Å²) in [6, 6.07) is 11.1. The van der Waals surface area contributed by atoms with Crippen molar-refractivity contribution >= 4 is 0 Å². The van der Waals surface area contributed by atoms with E-state index in [1.165, 1.54) is 12.1 Å². The average Bonchev–Trinajstić information content (AvgIpc) is 2.38. The van der Waals surface area contributed by atoms with Gasteiger partial charge in [-0.3, -0.25) is 0 Å². The third-order valence-electron chi connectivity index (χ3n) is 2.73. The molecular weight excluding hydrogens is 245 g/mol. The molecule has 3 nitrogen and oxygen atoms in total. The minimum Gasteiger partial charge on any atom is -0.496 e. The molecule has 2 aromatic carbocycles. The Morgan fingerprint density at radius 1 is 1.11 bits per heavy atom. The van der Waals surface area contributed by atoms with Crippen molar-refractivity contribution in [2.75, 3.05) is 7.11 Å². The Morgan fingerprint density at radius 3 is 2.42 bits per heavy atom. The lowest BCUT2D eigenvalue weighted by Gasteiger charge is -2.17. The molecule has 0 aliphatic carbocycles. The summed E-state index contributed by atoms with van der Waals surface area (Å²) < 4.78 is 24.1. The van der Waals surface area contributed by atoms with Crippen molar-refractivity contribution < 1.29 is 13.9 Å². The van der Waals surface area contributed by atoms with Crippen molar-refractivity contribution in [3.05, 3.63) is 53.8 Å². The van der Waals surface area contributed by atoms with Gasteiger partial charge in [0.15, 0.2) is 0 Å². The average molecular weight is 261 g/mol. The Bertz CT molecular complexity index is 570. The number of benzene rings is 2. The van der Waals surface area contributed by atoms with Crippen LogP contribution < -0.4 is 15.2 Å². The first-order chi connectivity index (χ1) is 9.11. The largest absolute Gasteiger partial charge is 0.496 e. The number of methoxy groups -OCH3 is 1. The van der Waals surface area contributed by atoms with Gasteiger partial charge in [0.05, 0.1) is 12.7 Å². The lowest BCUT2D eigenvalue weighted by Crippen LogP contribution is -2.08. The Hall–Kier alpha value is -2.07. The SMILES string of the molecule is COc1cccc(Oc2cccc(F)c2)c1[C@@H](C)N. The molecule has 2 N–H and O–H groups in total. The quantitative estimate of drug-likeness (QED) is 0.913. The second kappa shape index (κ2) is 5.71. The van der Waals surface area contributed by atoms with Crippen molar-refractivity contribution in [3.63, 3.8) is 0 Å². The van der Waals surface area contributed by atoms with Crippen molar-refractivity contribution in [1.29, 1.82) is 0 Å². The van der Waals surface area contributed by atoms with Gasteiger partial charge >= 0.3 is 0 Å². The van der Waals surface area contributed by atoms with Crippen molar-refractivity contribution in [2.24, 2.45) is 5.73 Å². The monoisotopic (exact) mass is 261 g/mol. The van der Waals surface area contributed by atoms with Crippen molar-refractivity contribution in [3.8, 4) is 17.2 Å². The smallest absolute Gasteiger partial charge is 0.135 e. The minimum absolute atomic E-state index is 0.250. The van der Waals surface area contributed by atoms with E-state index in [0.717, 1.165) is 5.56 Å². The van der Waals surface area contributed by atoms with Crippen LogP contribution >= 0.6 is 0 Å². The van der Waals surface area contributed by atoms with Crippen LogP contribution in [0.25, 0.3) is 0 Å². The van der Waals surface area contributed by atoms with Gasteiger partial charge in [-0.25, -0.2) is 4.39 Å². The molecule has 0 amide bonds. The molecule has 0 unspecified atom stereocenters. The van der Waals surface area contributed by atoms with Crippen LogP contribution in [0.1, 0.15) is 18.5 Å². The first kappa shape index (κ1) is 13.4. The van der Waals surface area contributed by atoms with Crippen molar-refractivity contribution in [1.82, 2.24) is 0 Å². The molecule has 0 saturated heterocycles. The van der Waals surface area contributed by atoms with Crippen LogP contribution in [0, 0.1) is 5.82 Å². The summed E-state index contributed by atoms with van der Waals surface area (Å²) >= 11 is 0. The van der Waals surface area contributed by atoms with Crippen LogP contribution in [-0.2, 0) is 0 Å². The maximum Gasteiger partial charge on any atom is 0.135 e. The lowest BCUT2D eigenvalue weighted by atomic mass is 10.1. The van der Waals surface area contributed by atoms with Gasteiger partial charge < -0.3 is 15.2 Å². The number of rotatable bonds is 4. The highest BCUT2D eigenvalue weighted by atomic mass is 19.1. The predicted molar refractivity (Wildman–Crippen MR) is 72.1 cm³/mol. The van der Waals surface area contributed by atoms with Gasteiger partial charge in [0, 0.05) is 12.1 Å². The van der Waals surface area contributed by atoms with Crippen LogP contribution in [0.2, 0.25) is 0 Å². The second-order valence-corrected chi connectivity index (χ2v) is 4.22. The first-order valence-electron chi connectivity index (χ1n) is 5.97. The highest BCUT2D eigenvalue weighted by Gasteiger charge is 2.15. The number of hydrogen-bond donors (Lipinski definition) is 1. The Morgan fingerprint density at radius 2 is 1.79 bits per heavy atom. The van der Waals surface area contributed by atoms with Gasteiger partial charge in [0.1, 0.15) is 23.1 Å². The summed E-state index contributed by atoms with van der Waals surface area (Å²) in [6.45, 7) is 1.84. The zero-order valence-electron chi connectivity index (χ0n) is 10.9. The summed E-state index contributed by atoms with van der Waals surface area (Å²) in [5.41, 5.74) is 6.70. The molecule has 2 rings (SSSR count). The zero-order valence-corrected chi connectivity index (χ0v) is 10.9. The third-order valence-corrected chi connectivity index (χ3v) is 2.73. The van der Waals surface area contributed by atoms with E-state index in [1.54, 1.807) is 31.4 Å². The van der Waals surface area contributed by atoms with Gasteiger partial charge in [-0.05, 0) is 31.2 Å². The van der Waals surface area contributed by atoms with Crippen LogP contribution in [-0.4, -0.2) is 7.11 Å². The van der Waals surface area contributed by atoms with Gasteiger partial charge in [0.25, 0.3) is 0 Å². The zero-order chi connectivity index (χ0) is 13.8. The maximum absolute atomic E-state index is 13.1. The summed E-state index contributed by atoms with van der Waals surface area (Å²) in [4.78, 5) is 0. The molecule has 4 heteroatoms. The number of hydrogen-bond acceptors (Lipinski definition) is 3. The van der Waals surface area contributed by atoms with E-state index in [4.69, 9.17) is 15.2 Å². The van der Waals surface area contributed by atoms with Crippen LogP contribution in [0.3, 0.4) is 0 Å². The highest BCUT2D eigenvalue weighted by Crippen LogP contribution is 2.35. The van der Waals surface area contributed by atoms with E-state index in [-0.39, 0.29) is 11.9 Å². The molecular formula is C15H16FNO2. The molecule has 0 heterocycles. The summed E-state index contributed by atoms with van der Waals surface area (Å²) in [7, 11) is 1.58. The second-order valence-electron chi connectivity index (χ2n) is 4.22. The fourth-order valence-corrected chi connectivity index (χ4v) is 1.90. The van der Waals surface area contributed by atoms with Gasteiger partial charge in [0.2, 0.25) is 0 Å². The van der Waals surface area contributed by atoms with Crippen LogP contribution in [0.5, 0.6) is 17.2 Å². The third kappa shape index (κ3) is 3.03. The highest BCUT2D eigenvalue weighted by molar-refractivity contribution is 5.48. The van der Waals surface area contributed by atoms with E-state index < -0.39 is 0 Å². The number of ether oxygens (including phenoxy) is 2. The first-order valence-corrected chi connectivity index (χ1v) is 5.97. The molecule has 19 heavy (non-hydrogen) atoms. The predicted octanol–water partition coefficient (Wildman–Crippen LogP) is 3.65. The summed E-state index contributed by atoms with van der Waals surface area (Å²) in [5, 5.41) is 0. The van der Waals surface area contributed by atoms with Crippen LogP contribution in [0.15, 0.2) is 42.5 Å². The topological polar surface area (TPSA) is 44.5 Å². The summed E-state index contributed by atoms with van der Waals surface area (Å²) in [6.07, 6.45) is 0. The molecule has 0 radical (unpaired) electrons. The fraction of sp³-hybridized carbons (Fsp3) is 0.200. The molecule has 0 aliphatic heterocycles. The van der Waals surface area contributed by atoms with Crippen LogP contribution in [0.4, 0.5) is 4.39 Å². The fourth-order valence-electron chi connectivity index (χ4n) is 1.90. The molecule has 100 valence electrons. The van der Waals surface area contributed by atoms with Gasteiger partial charge in [-0.2, -0.15) is 0 Å².